The van der Waals surface area contributed by atoms with Crippen LogP contribution in [-0.2, 0) is 16.7 Å². The highest BCUT2D eigenvalue weighted by atomic mass is 35.5. The Morgan fingerprint density at radius 3 is 2.47 bits per heavy atom. The maximum atomic E-state index is 13.0. The summed E-state index contributed by atoms with van der Waals surface area (Å²) < 4.78 is 46.2. The van der Waals surface area contributed by atoms with Crippen molar-refractivity contribution < 1.29 is 33.2 Å². The lowest BCUT2D eigenvalue weighted by Crippen LogP contribution is -2.33. The largest absolute Gasteiger partial charge is 0.416 e. The highest BCUT2D eigenvalue weighted by molar-refractivity contribution is 7.98. The number of aromatic nitrogens is 2. The van der Waals surface area contributed by atoms with Gasteiger partial charge in [-0.2, -0.15) is 13.2 Å². The van der Waals surface area contributed by atoms with Crippen molar-refractivity contribution in [1.82, 2.24) is 9.55 Å². The Bertz CT molecular complexity index is 1140. The number of rotatable bonds is 5. The molecule has 2 heterocycles. The van der Waals surface area contributed by atoms with Crippen LogP contribution in [0.2, 0.25) is 10.0 Å². The molecule has 1 aromatic heterocycles. The molecule has 0 radical (unpaired) electrons. The molecule has 172 valence electrons. The van der Waals surface area contributed by atoms with E-state index < -0.39 is 42.9 Å². The molecule has 6 nitrogen and oxygen atoms in total. The van der Waals surface area contributed by atoms with Crippen LogP contribution in [0.1, 0.15) is 17.4 Å². The second-order valence-electron chi connectivity index (χ2n) is 7.24. The average molecular weight is 509 g/mol. The van der Waals surface area contributed by atoms with E-state index in [0.29, 0.717) is 21.8 Å². The summed E-state index contributed by atoms with van der Waals surface area (Å²) in [5, 5.41) is 30.9. The highest BCUT2D eigenvalue weighted by Gasteiger charge is 2.44. The molecule has 0 saturated carbocycles. The lowest BCUT2D eigenvalue weighted by molar-refractivity contribution is -0.137. The fraction of sp³-hybridized carbons (Fsp3) is 0.350. The van der Waals surface area contributed by atoms with Crippen LogP contribution in [0.15, 0.2) is 41.6 Å². The number of aliphatic hydroxyl groups excluding tert-OH is 3. The Kier molecular flexibility index (Phi) is 6.66. The van der Waals surface area contributed by atoms with E-state index in [0.717, 1.165) is 23.9 Å². The zero-order valence-corrected chi connectivity index (χ0v) is 18.5. The van der Waals surface area contributed by atoms with Gasteiger partial charge in [0.15, 0.2) is 11.4 Å². The summed E-state index contributed by atoms with van der Waals surface area (Å²) in [5.74, 6) is 0.142. The van der Waals surface area contributed by atoms with E-state index in [-0.39, 0.29) is 15.8 Å². The van der Waals surface area contributed by atoms with Crippen molar-refractivity contribution in [2.24, 2.45) is 0 Å². The maximum absolute atomic E-state index is 13.0. The molecule has 0 bridgehead atoms. The Morgan fingerprint density at radius 1 is 1.09 bits per heavy atom. The van der Waals surface area contributed by atoms with Crippen molar-refractivity contribution in [3.63, 3.8) is 0 Å². The Balaban J connectivity index is 1.72. The van der Waals surface area contributed by atoms with Crippen LogP contribution < -0.4 is 0 Å². The van der Waals surface area contributed by atoms with Gasteiger partial charge in [0.2, 0.25) is 0 Å². The normalized spacial score (nSPS) is 23.9. The molecule has 3 aromatic rings. The summed E-state index contributed by atoms with van der Waals surface area (Å²) in [4.78, 5) is 4.48. The third kappa shape index (κ3) is 4.45. The minimum atomic E-state index is -4.46. The van der Waals surface area contributed by atoms with E-state index in [1.54, 1.807) is 6.07 Å². The molecule has 0 aliphatic carbocycles. The van der Waals surface area contributed by atoms with Crippen LogP contribution in [0.5, 0.6) is 0 Å². The van der Waals surface area contributed by atoms with Crippen molar-refractivity contribution in [3.05, 3.63) is 57.6 Å². The first kappa shape index (κ1) is 23.6. The van der Waals surface area contributed by atoms with E-state index >= 15 is 0 Å². The lowest BCUT2D eigenvalue weighted by atomic mass is 10.1. The first-order chi connectivity index (χ1) is 15.1. The van der Waals surface area contributed by atoms with Crippen LogP contribution in [0.4, 0.5) is 13.2 Å². The predicted octanol–water partition coefficient (Wildman–Crippen LogP) is 4.27. The van der Waals surface area contributed by atoms with Crippen molar-refractivity contribution in [2.45, 2.75) is 41.6 Å². The lowest BCUT2D eigenvalue weighted by Gasteiger charge is -2.20. The number of fused-ring (bicyclic) bond motifs is 1. The van der Waals surface area contributed by atoms with E-state index in [4.69, 9.17) is 27.9 Å². The van der Waals surface area contributed by atoms with Gasteiger partial charge in [-0.25, -0.2) is 4.98 Å². The first-order valence-electron chi connectivity index (χ1n) is 9.38. The fourth-order valence-electron chi connectivity index (χ4n) is 3.49. The molecule has 0 spiro atoms. The Morgan fingerprint density at radius 2 is 1.81 bits per heavy atom. The molecule has 3 N–H and O–H groups in total. The number of hydrogen-bond acceptors (Lipinski definition) is 6. The van der Waals surface area contributed by atoms with Crippen molar-refractivity contribution >= 4 is 46.0 Å². The third-order valence-electron chi connectivity index (χ3n) is 5.09. The van der Waals surface area contributed by atoms with Gasteiger partial charge >= 0.3 is 6.18 Å². The SMILES string of the molecule is OC[C@H]1OC(n2c(SCc3cccc(C(F)(F)F)c3)nc3cc(Cl)c(Cl)cc32)[C@H](O)[C@@H]1O. The zero-order valence-electron chi connectivity index (χ0n) is 16.1. The van der Waals surface area contributed by atoms with Gasteiger partial charge in [0, 0.05) is 5.75 Å². The van der Waals surface area contributed by atoms with Gasteiger partial charge in [0.1, 0.15) is 18.3 Å². The van der Waals surface area contributed by atoms with E-state index in [9.17, 15) is 28.5 Å². The highest BCUT2D eigenvalue weighted by Crippen LogP contribution is 2.39. The number of hydrogen-bond donors (Lipinski definition) is 3. The van der Waals surface area contributed by atoms with Crippen molar-refractivity contribution in [1.29, 1.82) is 0 Å². The molecule has 12 heteroatoms. The molecule has 0 amide bonds. The number of imidazole rings is 1. The van der Waals surface area contributed by atoms with Crippen LogP contribution in [0.25, 0.3) is 11.0 Å². The average Bonchev–Trinajstić information content (AvgIpc) is 3.23. The van der Waals surface area contributed by atoms with E-state index in [2.05, 4.69) is 4.98 Å². The topological polar surface area (TPSA) is 87.7 Å². The summed E-state index contributed by atoms with van der Waals surface area (Å²) in [7, 11) is 0. The van der Waals surface area contributed by atoms with Gasteiger partial charge in [-0.3, -0.25) is 4.57 Å². The van der Waals surface area contributed by atoms with Gasteiger partial charge in [-0.05, 0) is 23.8 Å². The Labute approximate surface area is 194 Å². The molecule has 1 aliphatic rings. The summed E-state index contributed by atoms with van der Waals surface area (Å²) in [6, 6.07) is 7.98. The molecule has 1 unspecified atom stereocenters. The smallest absolute Gasteiger partial charge is 0.394 e. The maximum Gasteiger partial charge on any atom is 0.416 e. The number of halogens is 5. The quantitative estimate of drug-likeness (QED) is 0.446. The van der Waals surface area contributed by atoms with Crippen LogP contribution in [0.3, 0.4) is 0 Å². The number of nitrogens with zero attached hydrogens (tertiary/aromatic N) is 2. The molecule has 32 heavy (non-hydrogen) atoms. The fourth-order valence-corrected chi connectivity index (χ4v) is 4.79. The standard InChI is InChI=1S/C20H17Cl2F3N2O4S/c21-11-5-13-14(6-12(11)22)27(18-17(30)16(29)15(7-28)31-18)19(26-13)32-8-9-2-1-3-10(4-9)20(23,24)25/h1-6,15-18,28-30H,7-8H2/t15-,16-,17-,18?/m1/s1. The summed E-state index contributed by atoms with van der Waals surface area (Å²) in [6.45, 7) is -0.513. The van der Waals surface area contributed by atoms with Crippen molar-refractivity contribution in [3.8, 4) is 0 Å². The van der Waals surface area contributed by atoms with Gasteiger partial charge in [0.25, 0.3) is 0 Å². The van der Waals surface area contributed by atoms with E-state index in [1.807, 2.05) is 0 Å². The van der Waals surface area contributed by atoms with Crippen LogP contribution in [-0.4, -0.2) is 49.8 Å². The molecule has 4 rings (SSSR count). The molecular weight excluding hydrogens is 492 g/mol. The molecule has 1 fully saturated rings. The third-order valence-corrected chi connectivity index (χ3v) is 6.84. The van der Waals surface area contributed by atoms with Gasteiger partial charge in [-0.1, -0.05) is 53.2 Å². The number of ether oxygens (including phenoxy) is 1. The van der Waals surface area contributed by atoms with Gasteiger partial charge in [-0.15, -0.1) is 0 Å². The Hall–Kier alpha value is -1.53. The second-order valence-corrected chi connectivity index (χ2v) is 8.99. The molecular formula is C20H17Cl2F3N2O4S. The second kappa shape index (κ2) is 9.02. The van der Waals surface area contributed by atoms with Crippen LogP contribution >= 0.6 is 35.0 Å². The number of alkyl halides is 3. The monoisotopic (exact) mass is 508 g/mol. The zero-order chi connectivity index (χ0) is 23.2. The number of thioether (sulfide) groups is 1. The number of aliphatic hydroxyl groups is 3. The predicted molar refractivity (Wildman–Crippen MR) is 114 cm³/mol. The van der Waals surface area contributed by atoms with Gasteiger partial charge < -0.3 is 20.1 Å². The molecule has 4 atom stereocenters. The molecule has 1 saturated heterocycles. The first-order valence-corrected chi connectivity index (χ1v) is 11.1. The summed E-state index contributed by atoms with van der Waals surface area (Å²) >= 11 is 13.4. The van der Waals surface area contributed by atoms with Crippen molar-refractivity contribution in [2.75, 3.05) is 6.61 Å². The minimum absolute atomic E-state index is 0.142. The van der Waals surface area contributed by atoms with Crippen LogP contribution in [0, 0.1) is 0 Å². The van der Waals surface area contributed by atoms with E-state index in [1.165, 1.54) is 22.8 Å². The molecule has 1 aliphatic heterocycles. The number of benzene rings is 2. The minimum Gasteiger partial charge on any atom is -0.394 e. The summed E-state index contributed by atoms with van der Waals surface area (Å²) in [5.41, 5.74) is 0.524. The summed E-state index contributed by atoms with van der Waals surface area (Å²) in [6.07, 6.45) is -9.30. The van der Waals surface area contributed by atoms with Gasteiger partial charge in [0.05, 0.1) is 33.2 Å². The molecule has 2 aromatic carbocycles.